The van der Waals surface area contributed by atoms with Gasteiger partial charge in [-0.25, -0.2) is 0 Å². The fourth-order valence-corrected chi connectivity index (χ4v) is 2.33. The van der Waals surface area contributed by atoms with E-state index in [0.717, 1.165) is 25.7 Å². The molecular weight excluding hydrogens is 196 g/mol. The van der Waals surface area contributed by atoms with Crippen molar-refractivity contribution in [3.63, 3.8) is 0 Å². The van der Waals surface area contributed by atoms with Crippen LogP contribution in [0.4, 0.5) is 0 Å². The smallest absolute Gasteiger partial charge is 0.0868 e. The Morgan fingerprint density at radius 3 is 2.69 bits per heavy atom. The van der Waals surface area contributed by atoms with E-state index in [4.69, 9.17) is 0 Å². The molecule has 0 saturated carbocycles. The molecule has 0 aromatic heterocycles. The van der Waals surface area contributed by atoms with E-state index in [1.54, 1.807) is 0 Å². The van der Waals surface area contributed by atoms with E-state index in [1.807, 2.05) is 6.08 Å². The normalized spacial score (nSPS) is 24.7. The minimum absolute atomic E-state index is 0.611. The first-order chi connectivity index (χ1) is 7.59. The van der Waals surface area contributed by atoms with E-state index in [1.165, 1.54) is 16.7 Å². The molecule has 0 bridgehead atoms. The highest BCUT2D eigenvalue weighted by molar-refractivity contribution is 5.31. The lowest BCUT2D eigenvalue weighted by Crippen LogP contribution is -2.30. The lowest BCUT2D eigenvalue weighted by Gasteiger charge is -2.27. The minimum Gasteiger partial charge on any atom is -0.385 e. The zero-order valence-electron chi connectivity index (χ0n) is 10.2. The van der Waals surface area contributed by atoms with Gasteiger partial charge in [0, 0.05) is 6.42 Å². The fraction of sp³-hybridized carbons (Fsp3) is 0.467. The standard InChI is InChI=1S/C15H20O/c1-12-6-7-14(10-13(12)2)11-15(16)8-4-3-5-9-15/h4,6-8,10,16H,3,5,9,11H2,1-2H3. The van der Waals surface area contributed by atoms with Gasteiger partial charge in [0.25, 0.3) is 0 Å². The van der Waals surface area contributed by atoms with Crippen molar-refractivity contribution in [1.29, 1.82) is 0 Å². The van der Waals surface area contributed by atoms with Crippen molar-refractivity contribution < 1.29 is 5.11 Å². The summed E-state index contributed by atoms with van der Waals surface area (Å²) in [5.74, 6) is 0. The number of rotatable bonds is 2. The highest BCUT2D eigenvalue weighted by Gasteiger charge is 2.25. The van der Waals surface area contributed by atoms with Gasteiger partial charge in [0.15, 0.2) is 0 Å². The van der Waals surface area contributed by atoms with Crippen LogP contribution in [0, 0.1) is 13.8 Å². The molecule has 1 aromatic carbocycles. The van der Waals surface area contributed by atoms with Gasteiger partial charge in [-0.15, -0.1) is 0 Å². The van der Waals surface area contributed by atoms with E-state index >= 15 is 0 Å². The molecule has 1 aliphatic carbocycles. The third-order valence-corrected chi connectivity index (χ3v) is 3.49. The molecule has 1 heteroatoms. The molecule has 0 spiro atoms. The summed E-state index contributed by atoms with van der Waals surface area (Å²) in [5.41, 5.74) is 3.24. The van der Waals surface area contributed by atoms with Gasteiger partial charge in [0.2, 0.25) is 0 Å². The Labute approximate surface area is 97.8 Å². The molecule has 0 heterocycles. The molecule has 1 N–H and O–H groups in total. The first-order valence-corrected chi connectivity index (χ1v) is 6.05. The van der Waals surface area contributed by atoms with Crippen LogP contribution in [0.25, 0.3) is 0 Å². The summed E-state index contributed by atoms with van der Waals surface area (Å²) in [5, 5.41) is 10.4. The summed E-state index contributed by atoms with van der Waals surface area (Å²) >= 11 is 0. The second-order valence-corrected chi connectivity index (χ2v) is 4.99. The summed E-state index contributed by atoms with van der Waals surface area (Å²) in [6, 6.07) is 6.46. The first kappa shape index (κ1) is 11.4. The third kappa shape index (κ3) is 2.53. The molecule has 2 rings (SSSR count). The predicted octanol–water partition coefficient (Wildman–Crippen LogP) is 3.32. The molecule has 1 aliphatic rings. The zero-order valence-corrected chi connectivity index (χ0v) is 10.2. The number of aliphatic hydroxyl groups is 1. The molecule has 1 unspecified atom stereocenters. The number of allylic oxidation sites excluding steroid dienone is 1. The summed E-state index contributed by atoms with van der Waals surface area (Å²) in [7, 11) is 0. The monoisotopic (exact) mass is 216 g/mol. The van der Waals surface area contributed by atoms with E-state index in [2.05, 4.69) is 38.1 Å². The van der Waals surface area contributed by atoms with E-state index < -0.39 is 5.60 Å². The average Bonchev–Trinajstić information content (AvgIpc) is 2.24. The Hall–Kier alpha value is -1.08. The van der Waals surface area contributed by atoms with Crippen LogP contribution in [0.1, 0.15) is 36.0 Å². The zero-order chi connectivity index (χ0) is 11.6. The van der Waals surface area contributed by atoms with Gasteiger partial charge in [0.1, 0.15) is 0 Å². The molecule has 86 valence electrons. The first-order valence-electron chi connectivity index (χ1n) is 6.05. The van der Waals surface area contributed by atoms with Gasteiger partial charge in [0.05, 0.1) is 5.60 Å². The van der Waals surface area contributed by atoms with Crippen LogP contribution in [-0.2, 0) is 6.42 Å². The molecule has 16 heavy (non-hydrogen) atoms. The second kappa shape index (κ2) is 4.42. The predicted molar refractivity (Wildman–Crippen MR) is 67.6 cm³/mol. The molecule has 0 aliphatic heterocycles. The molecule has 1 aromatic rings. The van der Waals surface area contributed by atoms with Crippen LogP contribution in [0.3, 0.4) is 0 Å². The van der Waals surface area contributed by atoms with Crippen molar-refractivity contribution in [3.05, 3.63) is 47.0 Å². The number of aryl methyl sites for hydroxylation is 2. The van der Waals surface area contributed by atoms with Gasteiger partial charge in [-0.05, 0) is 49.8 Å². The van der Waals surface area contributed by atoms with Crippen LogP contribution < -0.4 is 0 Å². The van der Waals surface area contributed by atoms with Crippen molar-refractivity contribution in [2.24, 2.45) is 0 Å². The lowest BCUT2D eigenvalue weighted by molar-refractivity contribution is 0.0751. The topological polar surface area (TPSA) is 20.2 Å². The average molecular weight is 216 g/mol. The maximum absolute atomic E-state index is 10.4. The van der Waals surface area contributed by atoms with Gasteiger partial charge in [-0.2, -0.15) is 0 Å². The SMILES string of the molecule is Cc1ccc(CC2(O)C=CCCC2)cc1C. The Morgan fingerprint density at radius 2 is 2.06 bits per heavy atom. The minimum atomic E-state index is -0.611. The molecule has 1 nitrogen and oxygen atoms in total. The Kier molecular flexibility index (Phi) is 3.15. The van der Waals surface area contributed by atoms with Crippen LogP contribution >= 0.6 is 0 Å². The largest absolute Gasteiger partial charge is 0.385 e. The van der Waals surface area contributed by atoms with Gasteiger partial charge in [-0.3, -0.25) is 0 Å². The summed E-state index contributed by atoms with van der Waals surface area (Å²) < 4.78 is 0. The van der Waals surface area contributed by atoms with Crippen LogP contribution in [0.2, 0.25) is 0 Å². The summed E-state index contributed by atoms with van der Waals surface area (Å²) in [4.78, 5) is 0. The molecular formula is C15H20O. The summed E-state index contributed by atoms with van der Waals surface area (Å²) in [6.45, 7) is 4.24. The maximum atomic E-state index is 10.4. The van der Waals surface area contributed by atoms with Crippen molar-refractivity contribution >= 4 is 0 Å². The van der Waals surface area contributed by atoms with E-state index in [0.29, 0.717) is 0 Å². The van der Waals surface area contributed by atoms with E-state index in [-0.39, 0.29) is 0 Å². The maximum Gasteiger partial charge on any atom is 0.0868 e. The molecule has 0 fully saturated rings. The van der Waals surface area contributed by atoms with Gasteiger partial charge < -0.3 is 5.11 Å². The van der Waals surface area contributed by atoms with E-state index in [9.17, 15) is 5.11 Å². The quantitative estimate of drug-likeness (QED) is 0.752. The Morgan fingerprint density at radius 1 is 1.25 bits per heavy atom. The fourth-order valence-electron chi connectivity index (χ4n) is 2.33. The van der Waals surface area contributed by atoms with Crippen LogP contribution in [-0.4, -0.2) is 10.7 Å². The molecule has 0 radical (unpaired) electrons. The van der Waals surface area contributed by atoms with Crippen molar-refractivity contribution in [2.45, 2.75) is 45.1 Å². The lowest BCUT2D eigenvalue weighted by atomic mass is 9.85. The molecule has 1 atom stereocenters. The van der Waals surface area contributed by atoms with Crippen molar-refractivity contribution in [3.8, 4) is 0 Å². The van der Waals surface area contributed by atoms with Crippen LogP contribution in [0.15, 0.2) is 30.4 Å². The summed E-state index contributed by atoms with van der Waals surface area (Å²) in [6.07, 6.45) is 7.91. The van der Waals surface area contributed by atoms with Gasteiger partial charge in [-0.1, -0.05) is 30.4 Å². The highest BCUT2D eigenvalue weighted by Crippen LogP contribution is 2.26. The van der Waals surface area contributed by atoms with Crippen LogP contribution in [0.5, 0.6) is 0 Å². The highest BCUT2D eigenvalue weighted by atomic mass is 16.3. The van der Waals surface area contributed by atoms with Crippen molar-refractivity contribution in [2.75, 3.05) is 0 Å². The number of benzene rings is 1. The molecule has 0 amide bonds. The molecule has 0 saturated heterocycles. The van der Waals surface area contributed by atoms with Gasteiger partial charge >= 0.3 is 0 Å². The van der Waals surface area contributed by atoms with Crippen molar-refractivity contribution in [1.82, 2.24) is 0 Å². The third-order valence-electron chi connectivity index (χ3n) is 3.49. The number of hydrogen-bond donors (Lipinski definition) is 1. The Bertz CT molecular complexity index is 406. The second-order valence-electron chi connectivity index (χ2n) is 4.99. The Balaban J connectivity index is 2.17. The number of hydrogen-bond acceptors (Lipinski definition) is 1.